The van der Waals surface area contributed by atoms with Gasteiger partial charge in [0.2, 0.25) is 0 Å². The van der Waals surface area contributed by atoms with Gasteiger partial charge in [0.05, 0.1) is 19.1 Å². The Labute approximate surface area is 163 Å². The summed E-state index contributed by atoms with van der Waals surface area (Å²) in [7, 11) is 1.23. The molecule has 1 aliphatic rings. The van der Waals surface area contributed by atoms with E-state index in [9.17, 15) is 19.2 Å². The van der Waals surface area contributed by atoms with Gasteiger partial charge in [0.15, 0.2) is 5.78 Å². The molecule has 0 aromatic heterocycles. The highest BCUT2D eigenvalue weighted by Crippen LogP contribution is 2.45. The molecule has 1 aliphatic carbocycles. The molecule has 152 valence electrons. The van der Waals surface area contributed by atoms with Crippen molar-refractivity contribution in [2.45, 2.75) is 44.9 Å². The molecule has 0 spiro atoms. The highest BCUT2D eigenvalue weighted by molar-refractivity contribution is 5.96. The number of esters is 1. The monoisotopic (exact) mass is 391 g/mol. The predicted molar refractivity (Wildman–Crippen MR) is 98.5 cm³/mol. The van der Waals surface area contributed by atoms with Gasteiger partial charge in [-0.1, -0.05) is 30.3 Å². The minimum Gasteiger partial charge on any atom is -0.469 e. The van der Waals surface area contributed by atoms with Crippen molar-refractivity contribution >= 4 is 24.3 Å². The van der Waals surface area contributed by atoms with E-state index in [-0.39, 0.29) is 18.7 Å². The van der Waals surface area contributed by atoms with Crippen LogP contribution in [0.4, 0.5) is 4.79 Å². The maximum atomic E-state index is 12.5. The van der Waals surface area contributed by atoms with Gasteiger partial charge in [-0.3, -0.25) is 14.4 Å². The normalized spacial score (nSPS) is 21.8. The summed E-state index contributed by atoms with van der Waals surface area (Å²) in [6.07, 6.45) is -1.70. The van der Waals surface area contributed by atoms with Crippen molar-refractivity contribution in [3.8, 4) is 0 Å². The first-order valence-corrected chi connectivity index (χ1v) is 8.92. The zero-order valence-electron chi connectivity index (χ0n) is 16.3. The van der Waals surface area contributed by atoms with E-state index in [0.29, 0.717) is 5.56 Å². The molecule has 1 N–H and O–H groups in total. The maximum absolute atomic E-state index is 12.5. The SMILES string of the molecule is COC(=O)[C@H]1[C@H](NC(=O)OC(C)(C)C)[C@@H]1[C@@H](CC(=O)c1ccccc1)OC=O. The Balaban J connectivity index is 2.13. The lowest BCUT2D eigenvalue weighted by Crippen LogP contribution is -2.36. The molecular formula is C20H25NO7. The zero-order chi connectivity index (χ0) is 20.9. The van der Waals surface area contributed by atoms with Crippen LogP contribution in [0.25, 0.3) is 0 Å². The fraction of sp³-hybridized carbons (Fsp3) is 0.500. The minimum atomic E-state index is -0.880. The molecule has 8 heteroatoms. The number of Topliss-reactive ketones (excluding diaryl/α,β-unsaturated/α-hetero) is 1. The summed E-state index contributed by atoms with van der Waals surface area (Å²) in [5, 5.41) is 2.61. The Morgan fingerprint density at radius 2 is 1.82 bits per heavy atom. The molecule has 1 saturated carbocycles. The van der Waals surface area contributed by atoms with Crippen LogP contribution < -0.4 is 5.32 Å². The summed E-state index contributed by atoms with van der Waals surface area (Å²) in [6.45, 7) is 5.38. The number of hydrogen-bond acceptors (Lipinski definition) is 7. The largest absolute Gasteiger partial charge is 0.469 e. The predicted octanol–water partition coefficient (Wildman–Crippen LogP) is 2.11. The van der Waals surface area contributed by atoms with Crippen molar-refractivity contribution in [1.29, 1.82) is 0 Å². The molecule has 28 heavy (non-hydrogen) atoms. The van der Waals surface area contributed by atoms with Crippen molar-refractivity contribution in [3.63, 3.8) is 0 Å². The van der Waals surface area contributed by atoms with Crippen LogP contribution in [0, 0.1) is 11.8 Å². The molecule has 8 nitrogen and oxygen atoms in total. The van der Waals surface area contributed by atoms with Gasteiger partial charge in [0, 0.05) is 17.9 Å². The third-order valence-electron chi connectivity index (χ3n) is 4.37. The van der Waals surface area contributed by atoms with Crippen molar-refractivity contribution in [2.75, 3.05) is 7.11 Å². The van der Waals surface area contributed by atoms with Gasteiger partial charge >= 0.3 is 12.1 Å². The molecule has 1 aromatic rings. The quantitative estimate of drug-likeness (QED) is 0.313. The Morgan fingerprint density at radius 1 is 1.18 bits per heavy atom. The second-order valence-corrected chi connectivity index (χ2v) is 7.56. The minimum absolute atomic E-state index is 0.118. The van der Waals surface area contributed by atoms with Crippen molar-refractivity contribution in [2.24, 2.45) is 11.8 Å². The van der Waals surface area contributed by atoms with Gasteiger partial charge in [-0.2, -0.15) is 0 Å². The van der Waals surface area contributed by atoms with E-state index in [1.54, 1.807) is 51.1 Å². The van der Waals surface area contributed by atoms with E-state index in [1.807, 2.05) is 0 Å². The number of alkyl carbamates (subject to hydrolysis) is 1. The maximum Gasteiger partial charge on any atom is 0.407 e. The number of ether oxygens (including phenoxy) is 3. The third-order valence-corrected chi connectivity index (χ3v) is 4.37. The number of amides is 1. The molecule has 4 atom stereocenters. The molecule has 2 rings (SSSR count). The van der Waals surface area contributed by atoms with Crippen molar-refractivity contribution < 1.29 is 33.4 Å². The molecule has 0 heterocycles. The highest BCUT2D eigenvalue weighted by atomic mass is 16.6. The molecule has 0 saturated heterocycles. The van der Waals surface area contributed by atoms with E-state index < -0.39 is 41.6 Å². The summed E-state index contributed by atoms with van der Waals surface area (Å²) in [5.41, 5.74) is -0.245. The van der Waals surface area contributed by atoms with Crippen molar-refractivity contribution in [3.05, 3.63) is 35.9 Å². The van der Waals surface area contributed by atoms with Crippen LogP contribution in [-0.2, 0) is 23.8 Å². The van der Waals surface area contributed by atoms with Crippen molar-refractivity contribution in [1.82, 2.24) is 5.32 Å². The van der Waals surface area contributed by atoms with E-state index in [0.717, 1.165) is 0 Å². The number of methoxy groups -OCH3 is 1. The zero-order valence-corrected chi connectivity index (χ0v) is 16.3. The number of ketones is 1. The van der Waals surface area contributed by atoms with Crippen LogP contribution in [0.1, 0.15) is 37.6 Å². The summed E-state index contributed by atoms with van der Waals surface area (Å²) < 4.78 is 15.1. The summed E-state index contributed by atoms with van der Waals surface area (Å²) in [5.74, 6) is -2.11. The number of rotatable bonds is 8. The average molecular weight is 391 g/mol. The van der Waals surface area contributed by atoms with Gasteiger partial charge in [0.1, 0.15) is 11.7 Å². The topological polar surface area (TPSA) is 108 Å². The standard InChI is InChI=1S/C20H25NO7/c1-20(2,3)28-19(25)21-17-15(16(17)18(24)26-4)14(27-11-22)10-13(23)12-8-6-5-7-9-12/h5-9,11,14-17H,10H2,1-4H3,(H,21,25)/t14-,15-,16-,17-/m1/s1. The Bertz CT molecular complexity index is 726. The Kier molecular flexibility index (Phi) is 6.77. The van der Waals surface area contributed by atoms with Crippen LogP contribution in [-0.4, -0.2) is 49.2 Å². The summed E-state index contributed by atoms with van der Waals surface area (Å²) >= 11 is 0. The fourth-order valence-electron chi connectivity index (χ4n) is 3.14. The Hall–Kier alpha value is -2.90. The smallest absolute Gasteiger partial charge is 0.407 e. The first-order valence-electron chi connectivity index (χ1n) is 8.92. The number of carbonyl (C=O) groups excluding carboxylic acids is 4. The number of carbonyl (C=O) groups is 4. The molecular weight excluding hydrogens is 366 g/mol. The average Bonchev–Trinajstić information content (AvgIpc) is 3.33. The number of nitrogens with one attached hydrogen (secondary N) is 1. The van der Waals surface area contributed by atoms with Gasteiger partial charge in [0.25, 0.3) is 6.47 Å². The first kappa shape index (κ1) is 21.4. The summed E-state index contributed by atoms with van der Waals surface area (Å²) in [4.78, 5) is 47.6. The van der Waals surface area contributed by atoms with Gasteiger partial charge in [-0.05, 0) is 20.8 Å². The van der Waals surface area contributed by atoms with Crippen LogP contribution >= 0.6 is 0 Å². The van der Waals surface area contributed by atoms with E-state index in [4.69, 9.17) is 14.2 Å². The van der Waals surface area contributed by atoms with Gasteiger partial charge in [-0.25, -0.2) is 4.79 Å². The molecule has 1 aromatic carbocycles. The lowest BCUT2D eigenvalue weighted by atomic mass is 10.0. The van der Waals surface area contributed by atoms with E-state index >= 15 is 0 Å². The molecule has 0 aliphatic heterocycles. The lowest BCUT2D eigenvalue weighted by Gasteiger charge is -2.20. The molecule has 0 radical (unpaired) electrons. The van der Waals surface area contributed by atoms with E-state index in [1.165, 1.54) is 7.11 Å². The fourth-order valence-corrected chi connectivity index (χ4v) is 3.14. The summed E-state index contributed by atoms with van der Waals surface area (Å²) in [6, 6.07) is 7.89. The van der Waals surface area contributed by atoms with Crippen LogP contribution in [0.5, 0.6) is 0 Å². The second-order valence-electron chi connectivity index (χ2n) is 7.56. The molecule has 0 unspecified atom stereocenters. The first-order chi connectivity index (χ1) is 13.2. The number of benzene rings is 1. The van der Waals surface area contributed by atoms with Crippen LogP contribution in [0.2, 0.25) is 0 Å². The van der Waals surface area contributed by atoms with E-state index in [2.05, 4.69) is 5.32 Å². The van der Waals surface area contributed by atoms with Crippen LogP contribution in [0.3, 0.4) is 0 Å². The van der Waals surface area contributed by atoms with Gasteiger partial charge in [-0.15, -0.1) is 0 Å². The highest BCUT2D eigenvalue weighted by Gasteiger charge is 2.61. The second kappa shape index (κ2) is 8.86. The Morgan fingerprint density at radius 3 is 2.36 bits per heavy atom. The lowest BCUT2D eigenvalue weighted by molar-refractivity contribution is -0.144. The van der Waals surface area contributed by atoms with Gasteiger partial charge < -0.3 is 19.5 Å². The molecule has 0 bridgehead atoms. The third kappa shape index (κ3) is 5.55. The number of hydrogen-bond donors (Lipinski definition) is 1. The molecule has 1 amide bonds. The molecule has 1 fully saturated rings. The van der Waals surface area contributed by atoms with Crippen LogP contribution in [0.15, 0.2) is 30.3 Å².